The fraction of sp³-hybridized carbons (Fsp3) is 0.429. The Bertz CT molecular complexity index is 470. The first kappa shape index (κ1) is 13.5. The van der Waals surface area contributed by atoms with E-state index in [-0.39, 0.29) is 18.4 Å². The molecule has 5 heteroatoms. The lowest BCUT2D eigenvalue weighted by molar-refractivity contribution is -0.118. The maximum absolute atomic E-state index is 13.4. The Morgan fingerprint density at radius 1 is 1.58 bits per heavy atom. The molecular weight excluding hydrogens is 247 g/mol. The van der Waals surface area contributed by atoms with Crippen molar-refractivity contribution >= 4 is 5.91 Å². The van der Waals surface area contributed by atoms with E-state index in [4.69, 9.17) is 4.74 Å². The molecule has 0 saturated heterocycles. The van der Waals surface area contributed by atoms with Gasteiger partial charge in [-0.25, -0.2) is 9.37 Å². The molecule has 1 saturated carbocycles. The Hall–Kier alpha value is -1.91. The number of nitrogens with zero attached hydrogens (tertiary/aromatic N) is 1. The number of rotatable bonds is 5. The molecule has 0 radical (unpaired) electrons. The number of carbonyl (C=O) groups excluding carboxylic acids is 1. The lowest BCUT2D eigenvalue weighted by Gasteiger charge is -2.29. The number of pyridine rings is 1. The highest BCUT2D eigenvalue weighted by Gasteiger charge is 2.36. The highest BCUT2D eigenvalue weighted by atomic mass is 19.1. The van der Waals surface area contributed by atoms with Crippen molar-refractivity contribution in [3.63, 3.8) is 0 Å². The molecule has 0 aliphatic heterocycles. The van der Waals surface area contributed by atoms with Crippen LogP contribution in [0.1, 0.15) is 25.7 Å². The molecule has 102 valence electrons. The maximum Gasteiger partial charge on any atom is 0.250 e. The van der Waals surface area contributed by atoms with Crippen molar-refractivity contribution in [3.8, 4) is 5.88 Å². The molecule has 0 unspecified atom stereocenters. The monoisotopic (exact) mass is 264 g/mol. The summed E-state index contributed by atoms with van der Waals surface area (Å²) in [5.74, 6) is -0.751. The average Bonchev–Trinajstić information content (AvgIpc) is 2.86. The predicted molar refractivity (Wildman–Crippen MR) is 69.2 cm³/mol. The van der Waals surface area contributed by atoms with E-state index >= 15 is 0 Å². The first-order chi connectivity index (χ1) is 9.15. The van der Waals surface area contributed by atoms with E-state index < -0.39 is 11.4 Å². The molecule has 1 fully saturated rings. The number of aromatic nitrogens is 1. The van der Waals surface area contributed by atoms with Crippen LogP contribution >= 0.6 is 0 Å². The molecule has 1 aliphatic carbocycles. The molecule has 0 bridgehead atoms. The van der Waals surface area contributed by atoms with Gasteiger partial charge in [0.15, 0.2) is 5.82 Å². The predicted octanol–water partition coefficient (Wildman–Crippen LogP) is 2.21. The summed E-state index contributed by atoms with van der Waals surface area (Å²) in [6.45, 7) is 3.66. The second kappa shape index (κ2) is 5.82. The van der Waals surface area contributed by atoms with E-state index in [2.05, 4.69) is 16.9 Å². The third-order valence-electron chi connectivity index (χ3n) is 3.34. The van der Waals surface area contributed by atoms with Gasteiger partial charge in [0, 0.05) is 6.20 Å². The van der Waals surface area contributed by atoms with Crippen molar-refractivity contribution in [2.24, 2.45) is 0 Å². The van der Waals surface area contributed by atoms with Crippen molar-refractivity contribution in [1.82, 2.24) is 10.3 Å². The Labute approximate surface area is 111 Å². The van der Waals surface area contributed by atoms with Crippen LogP contribution in [0.2, 0.25) is 0 Å². The van der Waals surface area contributed by atoms with Crippen LogP contribution in [0, 0.1) is 5.82 Å². The molecular formula is C14H17FN2O2. The number of halogens is 1. The normalized spacial score (nSPS) is 16.9. The molecule has 2 rings (SSSR count). The summed E-state index contributed by atoms with van der Waals surface area (Å²) in [5, 5.41) is 2.90. The van der Waals surface area contributed by atoms with Gasteiger partial charge in [-0.3, -0.25) is 4.79 Å². The molecule has 1 aliphatic rings. The van der Waals surface area contributed by atoms with Crippen LogP contribution in [0.3, 0.4) is 0 Å². The van der Waals surface area contributed by atoms with Gasteiger partial charge in [-0.15, -0.1) is 0 Å². The van der Waals surface area contributed by atoms with Crippen LogP contribution in [0.4, 0.5) is 4.39 Å². The number of hydrogen-bond acceptors (Lipinski definition) is 3. The van der Waals surface area contributed by atoms with Gasteiger partial charge in [0.2, 0.25) is 11.8 Å². The second-order valence-electron chi connectivity index (χ2n) is 4.76. The van der Waals surface area contributed by atoms with Crippen LogP contribution < -0.4 is 10.1 Å². The lowest BCUT2D eigenvalue weighted by Crippen LogP contribution is -2.50. The maximum atomic E-state index is 13.4. The molecule has 0 aromatic carbocycles. The van der Waals surface area contributed by atoms with Crippen LogP contribution in [-0.2, 0) is 4.79 Å². The summed E-state index contributed by atoms with van der Waals surface area (Å²) in [6, 6.07) is 2.80. The van der Waals surface area contributed by atoms with Crippen LogP contribution in [0.5, 0.6) is 5.88 Å². The van der Waals surface area contributed by atoms with Crippen molar-refractivity contribution in [1.29, 1.82) is 0 Å². The summed E-state index contributed by atoms with van der Waals surface area (Å²) in [4.78, 5) is 15.3. The molecule has 1 amide bonds. The zero-order chi connectivity index (χ0) is 13.7. The van der Waals surface area contributed by atoms with Crippen LogP contribution in [0.15, 0.2) is 31.0 Å². The Morgan fingerprint density at radius 3 is 2.95 bits per heavy atom. The minimum atomic E-state index is -0.495. The zero-order valence-corrected chi connectivity index (χ0v) is 10.7. The number of carbonyl (C=O) groups is 1. The van der Waals surface area contributed by atoms with E-state index in [1.807, 2.05) is 0 Å². The van der Waals surface area contributed by atoms with Gasteiger partial charge in [0.1, 0.15) is 6.61 Å². The molecule has 1 aromatic heterocycles. The summed E-state index contributed by atoms with van der Waals surface area (Å²) < 4.78 is 18.9. The van der Waals surface area contributed by atoms with E-state index in [1.54, 1.807) is 0 Å². The minimum Gasteiger partial charge on any atom is -0.473 e. The van der Waals surface area contributed by atoms with Gasteiger partial charge in [-0.2, -0.15) is 0 Å². The Balaban J connectivity index is 2.03. The molecule has 0 atom stereocenters. The lowest BCUT2D eigenvalue weighted by atomic mass is 9.99. The van der Waals surface area contributed by atoms with Gasteiger partial charge in [0.05, 0.1) is 5.54 Å². The summed E-state index contributed by atoms with van der Waals surface area (Å²) in [6.07, 6.45) is 6.39. The number of nitrogens with one attached hydrogen (secondary N) is 1. The van der Waals surface area contributed by atoms with Gasteiger partial charge in [0.25, 0.3) is 0 Å². The van der Waals surface area contributed by atoms with Gasteiger partial charge < -0.3 is 10.1 Å². The number of amides is 1. The van der Waals surface area contributed by atoms with Crippen molar-refractivity contribution in [3.05, 3.63) is 36.8 Å². The number of hydrogen-bond donors (Lipinski definition) is 1. The zero-order valence-electron chi connectivity index (χ0n) is 10.7. The van der Waals surface area contributed by atoms with Crippen LogP contribution in [-0.4, -0.2) is 23.0 Å². The minimum absolute atomic E-state index is 0.0263. The molecule has 4 nitrogen and oxygen atoms in total. The fourth-order valence-corrected chi connectivity index (χ4v) is 2.35. The second-order valence-corrected chi connectivity index (χ2v) is 4.76. The Morgan fingerprint density at radius 2 is 2.32 bits per heavy atom. The first-order valence-electron chi connectivity index (χ1n) is 6.33. The molecule has 1 N–H and O–H groups in total. The third-order valence-corrected chi connectivity index (χ3v) is 3.34. The average molecular weight is 264 g/mol. The number of ether oxygens (including phenoxy) is 1. The summed E-state index contributed by atoms with van der Waals surface area (Å²) >= 11 is 0. The molecule has 19 heavy (non-hydrogen) atoms. The van der Waals surface area contributed by atoms with E-state index in [1.165, 1.54) is 24.4 Å². The van der Waals surface area contributed by atoms with Gasteiger partial charge in [-0.05, 0) is 31.1 Å². The largest absolute Gasteiger partial charge is 0.473 e. The van der Waals surface area contributed by atoms with Gasteiger partial charge in [-0.1, -0.05) is 19.4 Å². The Kier molecular flexibility index (Phi) is 4.14. The smallest absolute Gasteiger partial charge is 0.250 e. The topological polar surface area (TPSA) is 51.2 Å². The fourth-order valence-electron chi connectivity index (χ4n) is 2.35. The molecule has 1 heterocycles. The molecule has 1 aromatic rings. The van der Waals surface area contributed by atoms with Gasteiger partial charge >= 0.3 is 0 Å². The highest BCUT2D eigenvalue weighted by Crippen LogP contribution is 2.30. The third kappa shape index (κ3) is 3.30. The summed E-state index contributed by atoms with van der Waals surface area (Å²) in [7, 11) is 0. The SMILES string of the molecule is C=CC(=O)NC1(COc2ncccc2F)CCCC1. The van der Waals surface area contributed by atoms with E-state index in [0.717, 1.165) is 25.7 Å². The van der Waals surface area contributed by atoms with Crippen molar-refractivity contribution in [2.45, 2.75) is 31.2 Å². The van der Waals surface area contributed by atoms with E-state index in [9.17, 15) is 9.18 Å². The van der Waals surface area contributed by atoms with Crippen molar-refractivity contribution < 1.29 is 13.9 Å². The van der Waals surface area contributed by atoms with Crippen LogP contribution in [0.25, 0.3) is 0 Å². The standard InChI is InChI=1S/C14H17FN2O2/c1-2-12(18)17-14(7-3-4-8-14)10-19-13-11(15)6-5-9-16-13/h2,5-6,9H,1,3-4,7-8,10H2,(H,17,18). The van der Waals surface area contributed by atoms with E-state index in [0.29, 0.717) is 0 Å². The molecule has 0 spiro atoms. The first-order valence-corrected chi connectivity index (χ1v) is 6.33. The quantitative estimate of drug-likeness (QED) is 0.830. The highest BCUT2D eigenvalue weighted by molar-refractivity contribution is 5.87. The summed E-state index contributed by atoms with van der Waals surface area (Å²) in [5.41, 5.74) is -0.435. The van der Waals surface area contributed by atoms with Crippen molar-refractivity contribution in [2.75, 3.05) is 6.61 Å².